The van der Waals surface area contributed by atoms with Gasteiger partial charge in [-0.15, -0.1) is 0 Å². The van der Waals surface area contributed by atoms with Crippen molar-refractivity contribution >= 4 is 64.3 Å². The SMILES string of the molecule is Cc1noc(/C=C/c2ccc(Cl)cc2)c1N1C(=O)CC(=O)N(c2ccccc2)C1=S. The van der Waals surface area contributed by atoms with Crippen LogP contribution >= 0.6 is 23.8 Å². The third-order valence-corrected chi connectivity index (χ3v) is 5.19. The van der Waals surface area contributed by atoms with E-state index in [2.05, 4.69) is 5.16 Å². The highest BCUT2D eigenvalue weighted by Crippen LogP contribution is 2.32. The van der Waals surface area contributed by atoms with Crippen molar-refractivity contribution in [3.8, 4) is 0 Å². The maximum absolute atomic E-state index is 12.8. The molecule has 1 aromatic heterocycles. The number of carbonyl (C=O) groups is 2. The number of aromatic nitrogens is 1. The lowest BCUT2D eigenvalue weighted by molar-refractivity contribution is -0.126. The van der Waals surface area contributed by atoms with Crippen molar-refractivity contribution in [2.45, 2.75) is 13.3 Å². The summed E-state index contributed by atoms with van der Waals surface area (Å²) < 4.78 is 5.44. The van der Waals surface area contributed by atoms with Gasteiger partial charge in [0.1, 0.15) is 17.8 Å². The molecule has 0 spiro atoms. The smallest absolute Gasteiger partial charge is 0.243 e. The van der Waals surface area contributed by atoms with Crippen LogP contribution in [-0.2, 0) is 9.59 Å². The summed E-state index contributed by atoms with van der Waals surface area (Å²) in [6.07, 6.45) is 3.22. The Hall–Kier alpha value is -3.29. The van der Waals surface area contributed by atoms with Crippen molar-refractivity contribution in [2.24, 2.45) is 0 Å². The number of carbonyl (C=O) groups excluding carboxylic acids is 2. The van der Waals surface area contributed by atoms with Gasteiger partial charge in [0.15, 0.2) is 10.9 Å². The summed E-state index contributed by atoms with van der Waals surface area (Å²) in [5, 5.41) is 4.70. The zero-order valence-electron chi connectivity index (χ0n) is 15.9. The molecule has 0 N–H and O–H groups in total. The van der Waals surface area contributed by atoms with Gasteiger partial charge in [-0.3, -0.25) is 19.4 Å². The van der Waals surface area contributed by atoms with Crippen molar-refractivity contribution < 1.29 is 14.1 Å². The summed E-state index contributed by atoms with van der Waals surface area (Å²) >= 11 is 11.5. The number of rotatable bonds is 4. The second kappa shape index (κ2) is 8.22. The third-order valence-electron chi connectivity index (χ3n) is 4.58. The summed E-state index contributed by atoms with van der Waals surface area (Å²) in [6.45, 7) is 1.72. The van der Waals surface area contributed by atoms with Crippen molar-refractivity contribution in [1.82, 2.24) is 5.16 Å². The lowest BCUT2D eigenvalue weighted by atomic mass is 10.1. The van der Waals surface area contributed by atoms with Gasteiger partial charge in [-0.25, -0.2) is 0 Å². The van der Waals surface area contributed by atoms with E-state index in [1.165, 1.54) is 9.80 Å². The van der Waals surface area contributed by atoms with Crippen LogP contribution in [0.1, 0.15) is 23.4 Å². The van der Waals surface area contributed by atoms with Gasteiger partial charge in [-0.05, 0) is 55.0 Å². The number of benzene rings is 2. The topological polar surface area (TPSA) is 66.7 Å². The van der Waals surface area contributed by atoms with Gasteiger partial charge in [-0.1, -0.05) is 53.2 Å². The first-order valence-corrected chi connectivity index (χ1v) is 9.89. The summed E-state index contributed by atoms with van der Waals surface area (Å²) in [7, 11) is 0. The molecule has 1 saturated heterocycles. The average molecular weight is 438 g/mol. The number of para-hydroxylation sites is 1. The Morgan fingerprint density at radius 2 is 1.67 bits per heavy atom. The Kier molecular flexibility index (Phi) is 5.48. The Labute approximate surface area is 183 Å². The number of halogens is 1. The number of aryl methyl sites for hydroxylation is 1. The molecule has 2 heterocycles. The Morgan fingerprint density at radius 1 is 1.00 bits per heavy atom. The molecule has 0 unspecified atom stereocenters. The number of amides is 2. The zero-order chi connectivity index (χ0) is 21.3. The minimum atomic E-state index is -0.426. The second-order valence-corrected chi connectivity index (χ2v) is 7.42. The molecule has 150 valence electrons. The molecule has 30 heavy (non-hydrogen) atoms. The molecular formula is C22H16ClN3O3S. The van der Waals surface area contributed by atoms with Gasteiger partial charge in [0.05, 0.1) is 5.69 Å². The fourth-order valence-electron chi connectivity index (χ4n) is 3.16. The Bertz CT molecular complexity index is 1160. The number of anilines is 2. The first-order valence-electron chi connectivity index (χ1n) is 9.10. The molecule has 1 aliphatic heterocycles. The van der Waals surface area contributed by atoms with E-state index < -0.39 is 5.91 Å². The summed E-state index contributed by atoms with van der Waals surface area (Å²) in [4.78, 5) is 28.0. The monoisotopic (exact) mass is 437 g/mol. The molecule has 2 aromatic carbocycles. The van der Waals surface area contributed by atoms with E-state index in [9.17, 15) is 9.59 Å². The Morgan fingerprint density at radius 3 is 2.37 bits per heavy atom. The van der Waals surface area contributed by atoms with Gasteiger partial charge >= 0.3 is 0 Å². The first kappa shape index (κ1) is 20.0. The van der Waals surface area contributed by atoms with Crippen LogP contribution in [0.3, 0.4) is 0 Å². The maximum Gasteiger partial charge on any atom is 0.243 e. The van der Waals surface area contributed by atoms with E-state index in [1.54, 1.807) is 49.4 Å². The van der Waals surface area contributed by atoms with E-state index >= 15 is 0 Å². The fourth-order valence-corrected chi connectivity index (χ4v) is 3.69. The van der Waals surface area contributed by atoms with Crippen LogP contribution < -0.4 is 9.80 Å². The van der Waals surface area contributed by atoms with Crippen LogP contribution in [0.4, 0.5) is 11.4 Å². The van der Waals surface area contributed by atoms with Crippen molar-refractivity contribution in [3.63, 3.8) is 0 Å². The maximum atomic E-state index is 12.8. The molecule has 0 saturated carbocycles. The third kappa shape index (κ3) is 3.77. The predicted molar refractivity (Wildman–Crippen MR) is 120 cm³/mol. The van der Waals surface area contributed by atoms with Crippen molar-refractivity contribution in [1.29, 1.82) is 0 Å². The van der Waals surface area contributed by atoms with Crippen LogP contribution in [0, 0.1) is 6.92 Å². The van der Waals surface area contributed by atoms with Crippen molar-refractivity contribution in [3.05, 3.63) is 76.6 Å². The highest BCUT2D eigenvalue weighted by molar-refractivity contribution is 7.81. The zero-order valence-corrected chi connectivity index (χ0v) is 17.5. The number of thiocarbonyl (C=S) groups is 1. The van der Waals surface area contributed by atoms with E-state index in [0.29, 0.717) is 27.9 Å². The molecule has 1 aliphatic rings. The molecule has 0 aliphatic carbocycles. The van der Waals surface area contributed by atoms with Crippen molar-refractivity contribution in [2.75, 3.05) is 9.80 Å². The lowest BCUT2D eigenvalue weighted by Crippen LogP contribution is -2.55. The standard InChI is InChI=1S/C22H16ClN3O3S/c1-14-21(18(29-24-14)12-9-15-7-10-16(23)11-8-15)26-20(28)13-19(27)25(22(26)30)17-5-3-2-4-6-17/h2-12H,13H2,1H3/b12-9+. The van der Waals surface area contributed by atoms with Gasteiger partial charge in [0, 0.05) is 5.02 Å². The number of hydrogen-bond acceptors (Lipinski definition) is 5. The van der Waals surface area contributed by atoms with E-state index in [4.69, 9.17) is 28.3 Å². The molecule has 8 heteroatoms. The molecule has 1 fully saturated rings. The van der Waals surface area contributed by atoms with Gasteiger partial charge in [0.2, 0.25) is 11.8 Å². The summed E-state index contributed by atoms with van der Waals surface area (Å²) in [6, 6.07) is 16.2. The van der Waals surface area contributed by atoms with E-state index in [0.717, 1.165) is 5.56 Å². The predicted octanol–water partition coefficient (Wildman–Crippen LogP) is 4.86. The highest BCUT2D eigenvalue weighted by atomic mass is 35.5. The quantitative estimate of drug-likeness (QED) is 0.430. The summed E-state index contributed by atoms with van der Waals surface area (Å²) in [5.41, 5.74) is 2.40. The molecular weight excluding hydrogens is 422 g/mol. The second-order valence-electron chi connectivity index (χ2n) is 6.62. The lowest BCUT2D eigenvalue weighted by Gasteiger charge is -2.35. The molecule has 0 bridgehead atoms. The largest absolute Gasteiger partial charge is 0.354 e. The number of hydrogen-bond donors (Lipinski definition) is 0. The minimum Gasteiger partial charge on any atom is -0.354 e. The van der Waals surface area contributed by atoms with Crippen LogP contribution in [-0.4, -0.2) is 22.1 Å². The fraction of sp³-hybridized carbons (Fsp3) is 0.0909. The van der Waals surface area contributed by atoms with Gasteiger partial charge in [-0.2, -0.15) is 0 Å². The molecule has 2 amide bonds. The average Bonchev–Trinajstić information content (AvgIpc) is 3.08. The highest BCUT2D eigenvalue weighted by Gasteiger charge is 2.39. The molecule has 4 rings (SSSR count). The summed E-state index contributed by atoms with van der Waals surface area (Å²) in [5.74, 6) is -0.440. The molecule has 6 nitrogen and oxygen atoms in total. The molecule has 3 aromatic rings. The number of nitrogens with zero attached hydrogens (tertiary/aromatic N) is 3. The molecule has 0 radical (unpaired) electrons. The van der Waals surface area contributed by atoms with E-state index in [-0.39, 0.29) is 17.4 Å². The van der Waals surface area contributed by atoms with Gasteiger partial charge in [0.25, 0.3) is 0 Å². The van der Waals surface area contributed by atoms with Crippen LogP contribution in [0.15, 0.2) is 59.1 Å². The van der Waals surface area contributed by atoms with Crippen LogP contribution in [0.2, 0.25) is 5.02 Å². The molecule has 0 atom stereocenters. The van der Waals surface area contributed by atoms with Crippen LogP contribution in [0.25, 0.3) is 12.2 Å². The Balaban J connectivity index is 1.71. The minimum absolute atomic E-state index is 0.0647. The first-order chi connectivity index (χ1) is 14.5. The van der Waals surface area contributed by atoms with Crippen LogP contribution in [0.5, 0.6) is 0 Å². The van der Waals surface area contributed by atoms with Gasteiger partial charge < -0.3 is 4.52 Å². The normalized spacial score (nSPS) is 14.8. The van der Waals surface area contributed by atoms with E-state index in [1.807, 2.05) is 24.3 Å².